The lowest BCUT2D eigenvalue weighted by molar-refractivity contribution is -0.204. The summed E-state index contributed by atoms with van der Waals surface area (Å²) in [5.41, 5.74) is 0. The molecule has 2 rings (SSSR count). The van der Waals surface area contributed by atoms with E-state index in [9.17, 15) is 35.1 Å². The molecule has 2 aliphatic rings. The molecule has 1 fully saturated rings. The average molecular weight is 490 g/mol. The fourth-order valence-electron chi connectivity index (χ4n) is 1.92. The Bertz CT molecular complexity index is 405. The van der Waals surface area contributed by atoms with Gasteiger partial charge in [0.2, 0.25) is 6.84 Å². The number of hydrogen-bond donors (Lipinski definition) is 0. The van der Waals surface area contributed by atoms with Crippen LogP contribution in [0, 0.1) is 0 Å². The molecule has 0 aromatic carbocycles. The molecule has 10 heteroatoms. The van der Waals surface area contributed by atoms with Gasteiger partial charge in [-0.1, -0.05) is 45.2 Å². The predicted molar refractivity (Wildman–Crippen MR) is 57.6 cm³/mol. The molecule has 2 bridgehead atoms. The molecule has 0 N–H and O–H groups in total. The summed E-state index contributed by atoms with van der Waals surface area (Å²) in [5, 5.41) is 0. The van der Waals surface area contributed by atoms with E-state index >= 15 is 0 Å². The maximum absolute atomic E-state index is 13.6. The minimum absolute atomic E-state index is 0.175. The number of halogens is 10. The van der Waals surface area contributed by atoms with Gasteiger partial charge in [0.1, 0.15) is 0 Å². The van der Waals surface area contributed by atoms with Crippen LogP contribution in [0.15, 0.2) is 11.7 Å². The van der Waals surface area contributed by atoms with Crippen molar-refractivity contribution in [1.29, 1.82) is 0 Å². The van der Waals surface area contributed by atoms with Gasteiger partial charge in [0.05, 0.1) is 0 Å². The van der Waals surface area contributed by atoms with Crippen molar-refractivity contribution >= 4 is 45.2 Å². The van der Waals surface area contributed by atoms with Gasteiger partial charge in [0, 0.05) is 0 Å². The largest absolute Gasteiger partial charge is 0.338 e. The van der Waals surface area contributed by atoms with Crippen LogP contribution in [0.1, 0.15) is 0 Å². The highest BCUT2D eigenvalue weighted by molar-refractivity contribution is 14.1. The summed E-state index contributed by atoms with van der Waals surface area (Å²) in [6.07, 6.45) is 0. The molecule has 0 aromatic rings. The van der Waals surface area contributed by atoms with E-state index in [1.165, 1.54) is 0 Å². The van der Waals surface area contributed by atoms with Crippen LogP contribution in [0.5, 0.6) is 0 Å². The summed E-state index contributed by atoms with van der Waals surface area (Å²) >= 11 is 0.350. The maximum Gasteiger partial charge on any atom is 0.338 e. The van der Waals surface area contributed by atoms with Crippen LogP contribution < -0.4 is 0 Å². The van der Waals surface area contributed by atoms with Gasteiger partial charge >= 0.3 is 17.8 Å². The Hall–Kier alpha value is 0.640. The molecule has 2 unspecified atom stereocenters. The van der Waals surface area contributed by atoms with Crippen molar-refractivity contribution in [2.45, 2.75) is 24.6 Å². The third-order valence-electron chi connectivity index (χ3n) is 2.92. The standard InChI is InChI=1S/C7F8I2/c8-1-2(9)4(17)5(10,11)3(1,16)6(12,13)7(4,14)15. The Kier molecular flexibility index (Phi) is 2.51. The molecule has 0 radical (unpaired) electrons. The Morgan fingerprint density at radius 2 is 0.824 bits per heavy atom. The first kappa shape index (κ1) is 14.1. The van der Waals surface area contributed by atoms with Crippen LogP contribution in [0.2, 0.25) is 0 Å². The molecule has 1 saturated carbocycles. The van der Waals surface area contributed by atoms with Crippen LogP contribution in [0.4, 0.5) is 35.1 Å². The van der Waals surface area contributed by atoms with E-state index < -0.39 is 36.3 Å². The first-order valence-corrected chi connectivity index (χ1v) is 6.05. The van der Waals surface area contributed by atoms with Crippen LogP contribution in [-0.4, -0.2) is 24.6 Å². The predicted octanol–water partition coefficient (Wildman–Crippen LogP) is 4.42. The van der Waals surface area contributed by atoms with Gasteiger partial charge in [0.15, 0.2) is 11.7 Å². The van der Waals surface area contributed by atoms with E-state index in [2.05, 4.69) is 0 Å². The minimum Gasteiger partial charge on any atom is -0.207 e. The highest BCUT2D eigenvalue weighted by atomic mass is 127. The highest BCUT2D eigenvalue weighted by Gasteiger charge is 3.01. The molecular formula is C7F8I2. The smallest absolute Gasteiger partial charge is 0.207 e. The first-order valence-electron chi connectivity index (χ1n) is 3.89. The van der Waals surface area contributed by atoms with Gasteiger partial charge in [-0.15, -0.1) is 0 Å². The summed E-state index contributed by atoms with van der Waals surface area (Å²) in [4.78, 5) is 0. The van der Waals surface area contributed by atoms with Crippen molar-refractivity contribution in [3.05, 3.63) is 11.7 Å². The highest BCUT2D eigenvalue weighted by Crippen LogP contribution is 2.80. The van der Waals surface area contributed by atoms with E-state index in [4.69, 9.17) is 0 Å². The zero-order valence-corrected chi connectivity index (χ0v) is 11.6. The second-order valence-electron chi connectivity index (χ2n) is 3.67. The summed E-state index contributed by atoms with van der Waals surface area (Å²) in [7, 11) is 0. The Labute approximate surface area is 116 Å². The summed E-state index contributed by atoms with van der Waals surface area (Å²) in [6, 6.07) is 0. The minimum atomic E-state index is -5.38. The van der Waals surface area contributed by atoms with Crippen molar-refractivity contribution in [1.82, 2.24) is 0 Å². The van der Waals surface area contributed by atoms with Gasteiger partial charge in [-0.2, -0.15) is 17.6 Å². The molecule has 2 atom stereocenters. The number of rotatable bonds is 0. The normalized spacial score (nSPS) is 45.5. The van der Waals surface area contributed by atoms with Crippen molar-refractivity contribution < 1.29 is 35.1 Å². The van der Waals surface area contributed by atoms with Gasteiger partial charge in [-0.25, -0.2) is 17.6 Å². The quantitative estimate of drug-likeness (QED) is 0.268. The van der Waals surface area contributed by atoms with Crippen LogP contribution in [0.3, 0.4) is 0 Å². The molecule has 0 spiro atoms. The van der Waals surface area contributed by atoms with Crippen molar-refractivity contribution in [2.75, 3.05) is 0 Å². The van der Waals surface area contributed by atoms with Gasteiger partial charge < -0.3 is 0 Å². The topological polar surface area (TPSA) is 0 Å². The van der Waals surface area contributed by atoms with E-state index in [1.54, 1.807) is 0 Å². The lowest BCUT2D eigenvalue weighted by atomic mass is 9.97. The summed E-state index contributed by atoms with van der Waals surface area (Å²) in [6.45, 7) is 0. The Balaban J connectivity index is 2.93. The molecule has 0 heterocycles. The van der Waals surface area contributed by atoms with Gasteiger partial charge in [-0.3, -0.25) is 0 Å². The monoisotopic (exact) mass is 490 g/mol. The molecule has 0 amide bonds. The van der Waals surface area contributed by atoms with Crippen LogP contribution in [-0.2, 0) is 0 Å². The van der Waals surface area contributed by atoms with Crippen molar-refractivity contribution in [3.63, 3.8) is 0 Å². The Morgan fingerprint density at radius 3 is 1.00 bits per heavy atom. The number of fused-ring (bicyclic) bond motifs is 2. The van der Waals surface area contributed by atoms with E-state index in [0.717, 1.165) is 0 Å². The lowest BCUT2D eigenvalue weighted by Gasteiger charge is -2.33. The van der Waals surface area contributed by atoms with Gasteiger partial charge in [-0.05, 0) is 0 Å². The molecule has 98 valence electrons. The van der Waals surface area contributed by atoms with E-state index in [1.807, 2.05) is 0 Å². The number of allylic oxidation sites excluding steroid dienone is 2. The average Bonchev–Trinajstić information content (AvgIpc) is 2.33. The molecule has 17 heavy (non-hydrogen) atoms. The Morgan fingerprint density at radius 1 is 0.588 bits per heavy atom. The molecule has 0 nitrogen and oxygen atoms in total. The fraction of sp³-hybridized carbons (Fsp3) is 0.714. The number of hydrogen-bond acceptors (Lipinski definition) is 0. The zero-order valence-electron chi connectivity index (χ0n) is 7.28. The van der Waals surface area contributed by atoms with Crippen molar-refractivity contribution in [2.24, 2.45) is 0 Å². The summed E-state index contributed by atoms with van der Waals surface area (Å²) in [5.74, 6) is -20.8. The van der Waals surface area contributed by atoms with Crippen LogP contribution in [0.25, 0.3) is 0 Å². The second-order valence-corrected chi connectivity index (χ2v) is 6.90. The second kappa shape index (κ2) is 3.03. The zero-order chi connectivity index (χ0) is 13.7. The van der Waals surface area contributed by atoms with Crippen molar-refractivity contribution in [3.8, 4) is 0 Å². The lowest BCUT2D eigenvalue weighted by Crippen LogP contribution is -2.56. The maximum atomic E-state index is 13.6. The molecule has 2 aliphatic carbocycles. The van der Waals surface area contributed by atoms with E-state index in [-0.39, 0.29) is 45.2 Å². The van der Waals surface area contributed by atoms with Gasteiger partial charge in [0.25, 0.3) is 0 Å². The third-order valence-corrected chi connectivity index (χ3v) is 6.58. The van der Waals surface area contributed by atoms with E-state index in [0.29, 0.717) is 0 Å². The molecule has 0 aromatic heterocycles. The molecular weight excluding hydrogens is 490 g/mol. The first-order chi connectivity index (χ1) is 7.32. The SMILES string of the molecule is FC1=C(F)C2(I)C(F)(F)C(F)(F)C1(I)C2(F)F. The van der Waals surface area contributed by atoms with Crippen LogP contribution >= 0.6 is 45.2 Å². The third kappa shape index (κ3) is 0.939. The summed E-state index contributed by atoms with van der Waals surface area (Å²) < 4.78 is 98.2. The fourth-order valence-corrected chi connectivity index (χ4v) is 4.39. The molecule has 0 aliphatic heterocycles. The number of alkyl halides is 8. The molecule has 0 saturated heterocycles.